The van der Waals surface area contributed by atoms with E-state index in [1.54, 1.807) is 26.0 Å². The van der Waals surface area contributed by atoms with Crippen molar-refractivity contribution in [3.05, 3.63) is 78.5 Å². The number of aromatic nitrogens is 3. The third-order valence-electron chi connectivity index (χ3n) is 7.63. The molecule has 190 valence electrons. The second kappa shape index (κ2) is 8.88. The molecule has 7 nitrogen and oxygen atoms in total. The molecule has 4 aromatic rings. The van der Waals surface area contributed by atoms with Crippen LogP contribution in [0, 0.1) is 11.7 Å². The summed E-state index contributed by atoms with van der Waals surface area (Å²) in [6.07, 6.45) is 6.96. The third-order valence-corrected chi connectivity index (χ3v) is 7.63. The second-order valence-corrected chi connectivity index (χ2v) is 10.6. The van der Waals surface area contributed by atoms with Crippen LogP contribution in [0.25, 0.3) is 28.3 Å². The molecule has 2 aromatic heterocycles. The molecule has 1 saturated heterocycles. The van der Waals surface area contributed by atoms with Gasteiger partial charge in [0.05, 0.1) is 11.4 Å². The van der Waals surface area contributed by atoms with Crippen LogP contribution >= 0.6 is 0 Å². The van der Waals surface area contributed by atoms with E-state index in [4.69, 9.17) is 0 Å². The van der Waals surface area contributed by atoms with E-state index in [0.717, 1.165) is 47.8 Å². The average molecular weight is 500 g/mol. The number of nitrogens with zero attached hydrogens (tertiary/aromatic N) is 4. The lowest BCUT2D eigenvalue weighted by Gasteiger charge is -2.24. The summed E-state index contributed by atoms with van der Waals surface area (Å²) in [5, 5.41) is 12.6. The number of imidazole rings is 1. The first-order valence-corrected chi connectivity index (χ1v) is 12.6. The fourth-order valence-electron chi connectivity index (χ4n) is 5.34. The van der Waals surface area contributed by atoms with E-state index in [1.807, 2.05) is 12.4 Å². The van der Waals surface area contributed by atoms with Gasteiger partial charge in [-0.05, 0) is 73.7 Å². The summed E-state index contributed by atoms with van der Waals surface area (Å²) in [6.45, 7) is 6.62. The summed E-state index contributed by atoms with van der Waals surface area (Å²) in [6, 6.07) is 15.3. The normalized spacial score (nSPS) is 16.7. The van der Waals surface area contributed by atoms with Gasteiger partial charge in [-0.25, -0.2) is 9.37 Å². The molecule has 2 N–H and O–H groups in total. The molecule has 0 amide bonds. The molecule has 0 radical (unpaired) electrons. The molecule has 1 unspecified atom stereocenters. The predicted molar refractivity (Wildman–Crippen MR) is 142 cm³/mol. The third kappa shape index (κ3) is 4.31. The maximum absolute atomic E-state index is 13.5. The van der Waals surface area contributed by atoms with Crippen LogP contribution in [0.5, 0.6) is 0 Å². The van der Waals surface area contributed by atoms with E-state index in [2.05, 4.69) is 54.8 Å². The Balaban J connectivity index is 1.27. The Labute approximate surface area is 215 Å². The van der Waals surface area contributed by atoms with Crippen LogP contribution in [0.4, 0.5) is 10.1 Å². The summed E-state index contributed by atoms with van der Waals surface area (Å²) < 4.78 is 17.8. The maximum atomic E-state index is 13.5. The van der Waals surface area contributed by atoms with Crippen molar-refractivity contribution in [1.29, 1.82) is 0 Å². The number of hydrogen-bond donors (Lipinski definition) is 2. The molecule has 0 aliphatic carbocycles. The Morgan fingerprint density at radius 3 is 2.76 bits per heavy atom. The summed E-state index contributed by atoms with van der Waals surface area (Å²) in [5.41, 5.74) is 5.58. The molecule has 0 spiro atoms. The molecule has 4 heterocycles. The Morgan fingerprint density at radius 1 is 1.16 bits per heavy atom. The number of fused-ring (bicyclic) bond motifs is 5. The summed E-state index contributed by atoms with van der Waals surface area (Å²) in [4.78, 5) is 18.5. The minimum Gasteiger partial charge on any atom is -0.480 e. The minimum atomic E-state index is -0.929. The van der Waals surface area contributed by atoms with E-state index in [-0.39, 0.29) is 5.82 Å². The van der Waals surface area contributed by atoms with E-state index >= 15 is 0 Å². The van der Waals surface area contributed by atoms with Crippen LogP contribution in [-0.4, -0.2) is 50.4 Å². The lowest BCUT2D eigenvalue weighted by Crippen LogP contribution is -2.48. The number of carboxylic acid groups (broad SMARTS) is 1. The zero-order valence-corrected chi connectivity index (χ0v) is 21.0. The zero-order chi connectivity index (χ0) is 25.7. The minimum absolute atomic E-state index is 0.243. The standard InChI is InChI=1S/C29H30FN5O2/c1-29(2,28(36)37)32-15-19-9-11-33(16-19)24-7-8-25-22(13-24)18-34-17-21(20-3-5-23(30)6-4-20)14-26(34)27-31-10-12-35(25)27/h3-8,10,12-14,17,19,32H,9,11,15-16,18H2,1-2H3,(H,36,37). The number of aliphatic carboxylic acids is 1. The number of rotatable bonds is 6. The first kappa shape index (κ1) is 23.5. The Morgan fingerprint density at radius 2 is 1.97 bits per heavy atom. The van der Waals surface area contributed by atoms with Crippen LogP contribution in [0.15, 0.2) is 67.1 Å². The van der Waals surface area contributed by atoms with Crippen molar-refractivity contribution in [2.45, 2.75) is 32.4 Å². The largest absolute Gasteiger partial charge is 0.480 e. The molecular weight excluding hydrogens is 469 g/mol. The van der Waals surface area contributed by atoms with Crippen molar-refractivity contribution in [1.82, 2.24) is 19.4 Å². The summed E-state index contributed by atoms with van der Waals surface area (Å²) in [5.74, 6) is 0.200. The van der Waals surface area contributed by atoms with Gasteiger partial charge in [0, 0.05) is 56.0 Å². The van der Waals surface area contributed by atoms with Gasteiger partial charge in [0.1, 0.15) is 11.4 Å². The summed E-state index contributed by atoms with van der Waals surface area (Å²) >= 11 is 0. The van der Waals surface area contributed by atoms with Gasteiger partial charge in [-0.15, -0.1) is 0 Å². The molecule has 2 aliphatic rings. The van der Waals surface area contributed by atoms with Gasteiger partial charge < -0.3 is 19.9 Å². The number of benzene rings is 2. The highest BCUT2D eigenvalue weighted by Crippen LogP contribution is 2.36. The van der Waals surface area contributed by atoms with Crippen molar-refractivity contribution in [3.8, 4) is 28.3 Å². The van der Waals surface area contributed by atoms with Crippen molar-refractivity contribution in [3.63, 3.8) is 0 Å². The van der Waals surface area contributed by atoms with Crippen molar-refractivity contribution in [2.75, 3.05) is 24.5 Å². The highest BCUT2D eigenvalue weighted by atomic mass is 19.1. The van der Waals surface area contributed by atoms with E-state index < -0.39 is 11.5 Å². The fourth-order valence-corrected chi connectivity index (χ4v) is 5.34. The summed E-state index contributed by atoms with van der Waals surface area (Å²) in [7, 11) is 0. The topological polar surface area (TPSA) is 75.3 Å². The molecule has 6 rings (SSSR count). The van der Waals surface area contributed by atoms with Gasteiger partial charge in [-0.3, -0.25) is 9.36 Å². The van der Waals surface area contributed by atoms with Gasteiger partial charge in [0.2, 0.25) is 0 Å². The number of halogens is 1. The Hall–Kier alpha value is -3.91. The quantitative estimate of drug-likeness (QED) is 0.352. The average Bonchev–Trinajstić information content (AvgIpc) is 3.62. The highest BCUT2D eigenvalue weighted by molar-refractivity contribution is 5.77. The van der Waals surface area contributed by atoms with Gasteiger partial charge >= 0.3 is 5.97 Å². The molecule has 2 aromatic carbocycles. The molecule has 1 atom stereocenters. The lowest BCUT2D eigenvalue weighted by molar-refractivity contribution is -0.143. The van der Waals surface area contributed by atoms with E-state index in [0.29, 0.717) is 19.0 Å². The number of nitrogens with one attached hydrogen (secondary N) is 1. The van der Waals surface area contributed by atoms with Gasteiger partial charge in [0.25, 0.3) is 0 Å². The van der Waals surface area contributed by atoms with Gasteiger partial charge in [0.15, 0.2) is 5.82 Å². The van der Waals surface area contributed by atoms with Gasteiger partial charge in [-0.2, -0.15) is 0 Å². The highest BCUT2D eigenvalue weighted by Gasteiger charge is 2.30. The fraction of sp³-hybridized carbons (Fsp3) is 0.310. The lowest BCUT2D eigenvalue weighted by atomic mass is 10.0. The first-order chi connectivity index (χ1) is 17.8. The van der Waals surface area contributed by atoms with E-state index in [9.17, 15) is 14.3 Å². The zero-order valence-electron chi connectivity index (χ0n) is 21.0. The predicted octanol–water partition coefficient (Wildman–Crippen LogP) is 4.79. The molecular formula is C29H30FN5O2. The van der Waals surface area contributed by atoms with E-state index in [1.165, 1.54) is 23.4 Å². The molecule has 2 aliphatic heterocycles. The number of hydrogen-bond acceptors (Lipinski definition) is 4. The number of carbonyl (C=O) groups is 1. The van der Waals surface area contributed by atoms with Crippen LogP contribution < -0.4 is 10.2 Å². The Bertz CT molecular complexity index is 1470. The van der Waals surface area contributed by atoms with Crippen molar-refractivity contribution < 1.29 is 14.3 Å². The SMILES string of the molecule is CC(C)(NCC1CCN(c2ccc3c(c2)Cn2cc(-c4ccc(F)cc4)cc2-c2nccn2-3)C1)C(=O)O. The molecule has 0 saturated carbocycles. The number of anilines is 1. The van der Waals surface area contributed by atoms with Gasteiger partial charge in [-0.1, -0.05) is 12.1 Å². The number of carboxylic acids is 1. The smallest absolute Gasteiger partial charge is 0.323 e. The Kier molecular flexibility index (Phi) is 5.64. The van der Waals surface area contributed by atoms with Crippen LogP contribution in [0.1, 0.15) is 25.8 Å². The molecule has 0 bridgehead atoms. The molecule has 1 fully saturated rings. The second-order valence-electron chi connectivity index (χ2n) is 10.6. The molecule has 37 heavy (non-hydrogen) atoms. The monoisotopic (exact) mass is 499 g/mol. The van der Waals surface area contributed by atoms with Crippen molar-refractivity contribution >= 4 is 11.7 Å². The van der Waals surface area contributed by atoms with Crippen LogP contribution in [-0.2, 0) is 11.3 Å². The maximum Gasteiger partial charge on any atom is 0.323 e. The van der Waals surface area contributed by atoms with Crippen LogP contribution in [0.3, 0.4) is 0 Å². The first-order valence-electron chi connectivity index (χ1n) is 12.6. The van der Waals surface area contributed by atoms with Crippen LogP contribution in [0.2, 0.25) is 0 Å². The molecule has 8 heteroatoms. The van der Waals surface area contributed by atoms with Crippen molar-refractivity contribution in [2.24, 2.45) is 5.92 Å².